The standard InChI is InChI=1S/C16H16INO2/c1-11-6-7-14(15(17)8-11)16(19)18-13-5-3-4-12(9-13)10-20-2/h3-9H,10H2,1-2H3,(H,18,19). The minimum Gasteiger partial charge on any atom is -0.380 e. The van der Waals surface area contributed by atoms with Gasteiger partial charge in [-0.2, -0.15) is 0 Å². The molecule has 0 atom stereocenters. The van der Waals surface area contributed by atoms with Crippen LogP contribution in [0.15, 0.2) is 42.5 Å². The second kappa shape index (κ2) is 6.85. The van der Waals surface area contributed by atoms with Crippen LogP contribution in [0.1, 0.15) is 21.5 Å². The maximum Gasteiger partial charge on any atom is 0.256 e. The fourth-order valence-corrected chi connectivity index (χ4v) is 2.82. The van der Waals surface area contributed by atoms with Gasteiger partial charge in [0.15, 0.2) is 0 Å². The Morgan fingerprint density at radius 1 is 1.25 bits per heavy atom. The smallest absolute Gasteiger partial charge is 0.256 e. The molecule has 3 nitrogen and oxygen atoms in total. The molecule has 0 saturated carbocycles. The van der Waals surface area contributed by atoms with Gasteiger partial charge < -0.3 is 10.1 Å². The average molecular weight is 381 g/mol. The van der Waals surface area contributed by atoms with Gasteiger partial charge in [0.2, 0.25) is 0 Å². The fraction of sp³-hybridized carbons (Fsp3) is 0.188. The summed E-state index contributed by atoms with van der Waals surface area (Å²) in [5, 5.41) is 2.92. The number of carbonyl (C=O) groups excluding carboxylic acids is 1. The Morgan fingerprint density at radius 2 is 2.05 bits per heavy atom. The van der Waals surface area contributed by atoms with E-state index in [1.807, 2.05) is 49.4 Å². The molecule has 0 aliphatic rings. The van der Waals surface area contributed by atoms with E-state index in [-0.39, 0.29) is 5.91 Å². The summed E-state index contributed by atoms with van der Waals surface area (Å²) in [5.41, 5.74) is 3.64. The second-order valence-electron chi connectivity index (χ2n) is 4.57. The number of benzene rings is 2. The van der Waals surface area contributed by atoms with Crippen molar-refractivity contribution in [2.24, 2.45) is 0 Å². The number of methoxy groups -OCH3 is 1. The van der Waals surface area contributed by atoms with Crippen LogP contribution in [-0.2, 0) is 11.3 Å². The Kier molecular flexibility index (Phi) is 5.14. The zero-order valence-corrected chi connectivity index (χ0v) is 13.6. The predicted molar refractivity (Wildman–Crippen MR) is 89.0 cm³/mol. The summed E-state index contributed by atoms with van der Waals surface area (Å²) in [4.78, 5) is 12.3. The molecular formula is C16H16INO2. The first-order valence-corrected chi connectivity index (χ1v) is 7.33. The van der Waals surface area contributed by atoms with Crippen LogP contribution in [0.5, 0.6) is 0 Å². The highest BCUT2D eigenvalue weighted by Crippen LogP contribution is 2.17. The molecule has 4 heteroatoms. The van der Waals surface area contributed by atoms with Gasteiger partial charge in [0, 0.05) is 16.4 Å². The summed E-state index contributed by atoms with van der Waals surface area (Å²) in [7, 11) is 1.65. The Morgan fingerprint density at radius 3 is 2.75 bits per heavy atom. The molecule has 0 aliphatic heterocycles. The maximum absolute atomic E-state index is 12.3. The Bertz CT molecular complexity index is 626. The Labute approximate surface area is 132 Å². The molecule has 1 N–H and O–H groups in total. The maximum atomic E-state index is 12.3. The first-order chi connectivity index (χ1) is 9.60. The number of hydrogen-bond donors (Lipinski definition) is 1. The second-order valence-corrected chi connectivity index (χ2v) is 5.73. The van der Waals surface area contributed by atoms with Crippen molar-refractivity contribution in [2.45, 2.75) is 13.5 Å². The van der Waals surface area contributed by atoms with Gasteiger partial charge in [-0.3, -0.25) is 4.79 Å². The van der Waals surface area contributed by atoms with Gasteiger partial charge >= 0.3 is 0 Å². The van der Waals surface area contributed by atoms with Gasteiger partial charge in [0.1, 0.15) is 0 Å². The van der Waals surface area contributed by atoms with Crippen molar-refractivity contribution in [3.63, 3.8) is 0 Å². The number of nitrogens with one attached hydrogen (secondary N) is 1. The van der Waals surface area contributed by atoms with Crippen molar-refractivity contribution < 1.29 is 9.53 Å². The molecular weight excluding hydrogens is 365 g/mol. The van der Waals surface area contributed by atoms with Crippen LogP contribution < -0.4 is 5.32 Å². The van der Waals surface area contributed by atoms with Gasteiger partial charge in [-0.05, 0) is 59.3 Å². The molecule has 0 fully saturated rings. The highest BCUT2D eigenvalue weighted by Gasteiger charge is 2.10. The van der Waals surface area contributed by atoms with Crippen molar-refractivity contribution in [2.75, 3.05) is 12.4 Å². The number of hydrogen-bond acceptors (Lipinski definition) is 2. The molecule has 0 unspecified atom stereocenters. The van der Waals surface area contributed by atoms with Gasteiger partial charge in [0.05, 0.1) is 12.2 Å². The van der Waals surface area contributed by atoms with Crippen molar-refractivity contribution in [3.8, 4) is 0 Å². The number of ether oxygens (including phenoxy) is 1. The van der Waals surface area contributed by atoms with E-state index < -0.39 is 0 Å². The van der Waals surface area contributed by atoms with E-state index in [1.165, 1.54) is 0 Å². The van der Waals surface area contributed by atoms with Gasteiger partial charge in [-0.15, -0.1) is 0 Å². The van der Waals surface area contributed by atoms with E-state index in [0.29, 0.717) is 12.2 Å². The van der Waals surface area contributed by atoms with E-state index in [9.17, 15) is 4.79 Å². The van der Waals surface area contributed by atoms with E-state index >= 15 is 0 Å². The third-order valence-corrected chi connectivity index (χ3v) is 3.76. The molecule has 0 bridgehead atoms. The molecule has 0 aromatic heterocycles. The number of halogens is 1. The van der Waals surface area contributed by atoms with E-state index in [4.69, 9.17) is 4.74 Å². The van der Waals surface area contributed by atoms with Crippen molar-refractivity contribution in [1.29, 1.82) is 0 Å². The predicted octanol–water partition coefficient (Wildman–Crippen LogP) is 4.00. The largest absolute Gasteiger partial charge is 0.380 e. The van der Waals surface area contributed by atoms with Gasteiger partial charge in [-0.25, -0.2) is 0 Å². The van der Waals surface area contributed by atoms with Crippen molar-refractivity contribution in [1.82, 2.24) is 0 Å². The number of aryl methyl sites for hydroxylation is 1. The first-order valence-electron chi connectivity index (χ1n) is 6.25. The van der Waals surface area contributed by atoms with Crippen molar-refractivity contribution in [3.05, 3.63) is 62.7 Å². The summed E-state index contributed by atoms with van der Waals surface area (Å²) < 4.78 is 6.04. The molecule has 0 spiro atoms. The van der Waals surface area contributed by atoms with Crippen LogP contribution in [-0.4, -0.2) is 13.0 Å². The van der Waals surface area contributed by atoms with Crippen LogP contribution in [0.25, 0.3) is 0 Å². The molecule has 104 valence electrons. The van der Waals surface area contributed by atoms with Crippen LogP contribution in [0.4, 0.5) is 5.69 Å². The molecule has 1 amide bonds. The topological polar surface area (TPSA) is 38.3 Å². The molecule has 2 aromatic rings. The first kappa shape index (κ1) is 15.0. The monoisotopic (exact) mass is 381 g/mol. The lowest BCUT2D eigenvalue weighted by molar-refractivity contribution is 0.102. The third kappa shape index (κ3) is 3.80. The lowest BCUT2D eigenvalue weighted by Gasteiger charge is -2.09. The normalized spacial score (nSPS) is 10.3. The summed E-state index contributed by atoms with van der Waals surface area (Å²) in [6.07, 6.45) is 0. The van der Waals surface area contributed by atoms with E-state index in [0.717, 1.165) is 20.4 Å². The summed E-state index contributed by atoms with van der Waals surface area (Å²) in [6, 6.07) is 13.5. The highest BCUT2D eigenvalue weighted by molar-refractivity contribution is 14.1. The Balaban J connectivity index is 2.17. The van der Waals surface area contributed by atoms with Crippen LogP contribution in [0.3, 0.4) is 0 Å². The SMILES string of the molecule is COCc1cccc(NC(=O)c2ccc(C)cc2I)c1. The lowest BCUT2D eigenvalue weighted by Crippen LogP contribution is -2.13. The van der Waals surface area contributed by atoms with Crippen LogP contribution in [0, 0.1) is 10.5 Å². The molecule has 20 heavy (non-hydrogen) atoms. The lowest BCUT2D eigenvalue weighted by atomic mass is 10.1. The average Bonchev–Trinajstić information content (AvgIpc) is 2.39. The highest BCUT2D eigenvalue weighted by atomic mass is 127. The number of amides is 1. The number of rotatable bonds is 4. The number of anilines is 1. The fourth-order valence-electron chi connectivity index (χ4n) is 1.91. The molecule has 2 rings (SSSR count). The molecule has 0 saturated heterocycles. The summed E-state index contributed by atoms with van der Waals surface area (Å²) in [5.74, 6) is -0.0935. The molecule has 0 radical (unpaired) electrons. The third-order valence-electron chi connectivity index (χ3n) is 2.87. The quantitative estimate of drug-likeness (QED) is 0.814. The van der Waals surface area contributed by atoms with Crippen molar-refractivity contribution >= 4 is 34.2 Å². The summed E-state index contributed by atoms with van der Waals surface area (Å²) in [6.45, 7) is 2.55. The minimum atomic E-state index is -0.0935. The minimum absolute atomic E-state index is 0.0935. The zero-order chi connectivity index (χ0) is 14.5. The zero-order valence-electron chi connectivity index (χ0n) is 11.4. The van der Waals surface area contributed by atoms with E-state index in [2.05, 4.69) is 27.9 Å². The molecule has 2 aromatic carbocycles. The molecule has 0 aliphatic carbocycles. The van der Waals surface area contributed by atoms with Gasteiger partial charge in [0.25, 0.3) is 5.91 Å². The van der Waals surface area contributed by atoms with E-state index in [1.54, 1.807) is 7.11 Å². The summed E-state index contributed by atoms with van der Waals surface area (Å²) >= 11 is 2.18. The van der Waals surface area contributed by atoms with Crippen LogP contribution in [0.2, 0.25) is 0 Å². The Hall–Kier alpha value is -1.40. The van der Waals surface area contributed by atoms with Gasteiger partial charge in [-0.1, -0.05) is 23.8 Å². The van der Waals surface area contributed by atoms with Crippen LogP contribution >= 0.6 is 22.6 Å². The molecule has 0 heterocycles. The number of carbonyl (C=O) groups is 1.